The molecule has 13 nitrogen and oxygen atoms in total. The second-order valence-corrected chi connectivity index (χ2v) is 12.0. The Labute approximate surface area is 264 Å². The SMILES string of the molecule is CC(C)C[C@H](NC(=O)OCc1ccccc1)C(=O)N[C@H](C(=O)N1CCC[C@H]1C(=O)N[C@@H](CCCNC(=N)N)C(=O)CF)C(C)C. The number of nitrogens with two attached hydrogens (primary N) is 1. The van der Waals surface area contributed by atoms with Crippen molar-refractivity contribution in [3.63, 3.8) is 0 Å². The highest BCUT2D eigenvalue weighted by atomic mass is 19.1. The number of Topliss-reactive ketones (excluding diaryl/α,β-unsaturated/α-hetero) is 1. The molecule has 45 heavy (non-hydrogen) atoms. The Morgan fingerprint density at radius 2 is 1.73 bits per heavy atom. The number of halogens is 1. The topological polar surface area (TPSA) is 196 Å². The second-order valence-electron chi connectivity index (χ2n) is 12.0. The number of nitrogens with one attached hydrogen (secondary N) is 5. The van der Waals surface area contributed by atoms with E-state index in [2.05, 4.69) is 21.3 Å². The number of carbonyl (C=O) groups is 5. The molecule has 250 valence electrons. The van der Waals surface area contributed by atoms with Crippen molar-refractivity contribution in [3.05, 3.63) is 35.9 Å². The van der Waals surface area contributed by atoms with Crippen LogP contribution in [0.3, 0.4) is 0 Å². The Balaban J connectivity index is 2.09. The maximum atomic E-state index is 13.8. The number of alkyl halides is 1. The number of nitrogens with zero attached hydrogens (tertiary/aromatic N) is 1. The zero-order valence-electron chi connectivity index (χ0n) is 26.6. The number of alkyl carbamates (subject to hydrolysis) is 1. The predicted molar refractivity (Wildman–Crippen MR) is 167 cm³/mol. The summed E-state index contributed by atoms with van der Waals surface area (Å²) in [4.78, 5) is 66.6. The van der Waals surface area contributed by atoms with Crippen molar-refractivity contribution in [1.82, 2.24) is 26.2 Å². The second kappa shape index (κ2) is 18.5. The third-order valence-corrected chi connectivity index (χ3v) is 7.42. The monoisotopic (exact) mass is 633 g/mol. The predicted octanol–water partition coefficient (Wildman–Crippen LogP) is 1.75. The average molecular weight is 634 g/mol. The van der Waals surface area contributed by atoms with Crippen LogP contribution in [0.25, 0.3) is 0 Å². The summed E-state index contributed by atoms with van der Waals surface area (Å²) in [7, 11) is 0. The molecule has 1 aliphatic rings. The molecule has 4 amide bonds. The van der Waals surface area contributed by atoms with Gasteiger partial charge in [0, 0.05) is 13.1 Å². The van der Waals surface area contributed by atoms with Crippen LogP contribution in [0.4, 0.5) is 9.18 Å². The summed E-state index contributed by atoms with van der Waals surface area (Å²) in [6, 6.07) is 5.14. The van der Waals surface area contributed by atoms with Gasteiger partial charge in [0.2, 0.25) is 17.7 Å². The Bertz CT molecular complexity index is 1170. The molecule has 4 atom stereocenters. The highest BCUT2D eigenvalue weighted by molar-refractivity contribution is 5.96. The van der Waals surface area contributed by atoms with Gasteiger partial charge >= 0.3 is 6.09 Å². The van der Waals surface area contributed by atoms with E-state index in [1.165, 1.54) is 4.90 Å². The number of carbonyl (C=O) groups excluding carboxylic acids is 5. The lowest BCUT2D eigenvalue weighted by atomic mass is 9.99. The standard InChI is InChI=1S/C31H48FN7O6/c1-19(2)16-23(37-31(44)45-18-21-10-6-5-7-11-21)27(41)38-26(20(3)4)29(43)39-15-9-13-24(39)28(42)36-22(25(40)17-32)12-8-14-35-30(33)34/h5-7,10-11,19-20,22-24,26H,8-9,12-18H2,1-4H3,(H,36,42)(H,37,44)(H,38,41)(H4,33,34,35)/t22-,23-,24-,26-/m0/s1. The molecule has 1 heterocycles. The first-order valence-electron chi connectivity index (χ1n) is 15.4. The van der Waals surface area contributed by atoms with Gasteiger partial charge in [-0.05, 0) is 49.5 Å². The van der Waals surface area contributed by atoms with E-state index in [1.54, 1.807) is 13.8 Å². The molecule has 2 rings (SSSR count). The molecule has 7 N–H and O–H groups in total. The van der Waals surface area contributed by atoms with E-state index >= 15 is 0 Å². The van der Waals surface area contributed by atoms with Gasteiger partial charge in [0.05, 0.1) is 6.04 Å². The summed E-state index contributed by atoms with van der Waals surface area (Å²) in [6.45, 7) is 6.62. The van der Waals surface area contributed by atoms with Crippen molar-refractivity contribution >= 4 is 35.6 Å². The van der Waals surface area contributed by atoms with Crippen LogP contribution >= 0.6 is 0 Å². The molecule has 0 unspecified atom stereocenters. The summed E-state index contributed by atoms with van der Waals surface area (Å²) in [6.07, 6.45) is 0.861. The maximum absolute atomic E-state index is 13.8. The first-order valence-corrected chi connectivity index (χ1v) is 15.4. The summed E-state index contributed by atoms with van der Waals surface area (Å²) in [5.41, 5.74) is 6.05. The molecular formula is C31H48FN7O6. The number of rotatable bonds is 17. The smallest absolute Gasteiger partial charge is 0.408 e. The van der Waals surface area contributed by atoms with Crippen LogP contribution in [0.5, 0.6) is 0 Å². The number of guanidine groups is 1. The molecule has 0 radical (unpaired) electrons. The number of ether oxygens (including phenoxy) is 1. The van der Waals surface area contributed by atoms with Crippen LogP contribution in [0.1, 0.15) is 65.4 Å². The van der Waals surface area contributed by atoms with E-state index in [-0.39, 0.29) is 43.9 Å². The highest BCUT2D eigenvalue weighted by Crippen LogP contribution is 2.21. The number of amides is 4. The Morgan fingerprint density at radius 1 is 1.04 bits per heavy atom. The Morgan fingerprint density at radius 3 is 2.33 bits per heavy atom. The lowest BCUT2D eigenvalue weighted by Gasteiger charge is -2.32. The normalized spacial score (nSPS) is 16.4. The molecule has 14 heteroatoms. The van der Waals surface area contributed by atoms with Crippen LogP contribution in [0, 0.1) is 17.2 Å². The average Bonchev–Trinajstić information content (AvgIpc) is 3.49. The lowest BCUT2D eigenvalue weighted by molar-refractivity contribution is -0.143. The minimum Gasteiger partial charge on any atom is -0.445 e. The fourth-order valence-corrected chi connectivity index (χ4v) is 5.06. The molecule has 0 spiro atoms. The van der Waals surface area contributed by atoms with Gasteiger partial charge in [-0.1, -0.05) is 58.0 Å². The van der Waals surface area contributed by atoms with Crippen molar-refractivity contribution in [3.8, 4) is 0 Å². The van der Waals surface area contributed by atoms with Gasteiger partial charge in [0.15, 0.2) is 11.7 Å². The van der Waals surface area contributed by atoms with Crippen molar-refractivity contribution in [2.45, 2.75) is 90.6 Å². The van der Waals surface area contributed by atoms with Gasteiger partial charge in [0.1, 0.15) is 31.4 Å². The number of benzene rings is 1. The molecule has 0 bridgehead atoms. The molecule has 1 aliphatic heterocycles. The number of hydrogen-bond acceptors (Lipinski definition) is 7. The quantitative estimate of drug-likeness (QED) is 0.0848. The van der Waals surface area contributed by atoms with Crippen molar-refractivity contribution < 1.29 is 33.1 Å². The summed E-state index contributed by atoms with van der Waals surface area (Å²) in [5, 5.41) is 17.8. The van der Waals surface area contributed by atoms with E-state index < -0.39 is 60.4 Å². The fourth-order valence-electron chi connectivity index (χ4n) is 5.06. The van der Waals surface area contributed by atoms with Crippen molar-refractivity contribution in [2.24, 2.45) is 17.6 Å². The minimum absolute atomic E-state index is 0.0291. The molecule has 1 saturated heterocycles. The molecule has 1 aromatic rings. The van der Waals surface area contributed by atoms with Crippen molar-refractivity contribution in [1.29, 1.82) is 5.41 Å². The maximum Gasteiger partial charge on any atom is 0.408 e. The Hall–Kier alpha value is -4.23. The van der Waals surface area contributed by atoms with Gasteiger partial charge in [-0.3, -0.25) is 24.6 Å². The summed E-state index contributed by atoms with van der Waals surface area (Å²) >= 11 is 0. The van der Waals surface area contributed by atoms with E-state index in [9.17, 15) is 28.4 Å². The minimum atomic E-state index is -1.26. The molecule has 1 fully saturated rings. The van der Waals surface area contributed by atoms with E-state index in [0.29, 0.717) is 25.7 Å². The lowest BCUT2D eigenvalue weighted by Crippen LogP contribution is -2.59. The van der Waals surface area contributed by atoms with Gasteiger partial charge in [-0.2, -0.15) is 0 Å². The highest BCUT2D eigenvalue weighted by Gasteiger charge is 2.40. The zero-order valence-corrected chi connectivity index (χ0v) is 26.6. The van der Waals surface area contributed by atoms with Gasteiger partial charge < -0.3 is 36.6 Å². The molecule has 0 saturated carbocycles. The Kier molecular flexibility index (Phi) is 15.2. The van der Waals surface area contributed by atoms with Crippen LogP contribution in [-0.2, 0) is 30.5 Å². The zero-order chi connectivity index (χ0) is 33.5. The molecular weight excluding hydrogens is 585 g/mol. The van der Waals surface area contributed by atoms with E-state index in [1.807, 2.05) is 44.2 Å². The number of likely N-dealkylation sites (tertiary alicyclic amines) is 1. The van der Waals surface area contributed by atoms with Gasteiger partial charge in [-0.15, -0.1) is 0 Å². The van der Waals surface area contributed by atoms with E-state index in [0.717, 1.165) is 5.56 Å². The first-order chi connectivity index (χ1) is 21.3. The largest absolute Gasteiger partial charge is 0.445 e. The van der Waals surface area contributed by atoms with Gasteiger partial charge in [0.25, 0.3) is 0 Å². The van der Waals surface area contributed by atoms with Gasteiger partial charge in [-0.25, -0.2) is 9.18 Å². The summed E-state index contributed by atoms with van der Waals surface area (Å²) < 4.78 is 18.6. The molecule has 0 aromatic heterocycles. The third-order valence-electron chi connectivity index (χ3n) is 7.42. The third kappa shape index (κ3) is 12.4. The van der Waals surface area contributed by atoms with Crippen molar-refractivity contribution in [2.75, 3.05) is 19.8 Å². The van der Waals surface area contributed by atoms with Crippen LogP contribution in [-0.4, -0.2) is 84.4 Å². The number of ketones is 1. The van der Waals surface area contributed by atoms with Crippen LogP contribution in [0.15, 0.2) is 30.3 Å². The molecule has 1 aromatic carbocycles. The summed E-state index contributed by atoms with van der Waals surface area (Å²) in [5.74, 6) is -2.96. The first kappa shape index (κ1) is 37.0. The number of hydrogen-bond donors (Lipinski definition) is 6. The molecule has 0 aliphatic carbocycles. The van der Waals surface area contributed by atoms with E-state index in [4.69, 9.17) is 15.9 Å². The van der Waals surface area contributed by atoms with Crippen LogP contribution < -0.4 is 27.0 Å². The van der Waals surface area contributed by atoms with Crippen LogP contribution in [0.2, 0.25) is 0 Å². The fraction of sp³-hybridized carbons (Fsp3) is 0.613.